The van der Waals surface area contributed by atoms with Crippen LogP contribution in [0, 0.1) is 6.92 Å². The van der Waals surface area contributed by atoms with Gasteiger partial charge in [0.15, 0.2) is 12.4 Å². The quantitative estimate of drug-likeness (QED) is 0.755. The van der Waals surface area contributed by atoms with Crippen LogP contribution in [-0.4, -0.2) is 16.0 Å². The van der Waals surface area contributed by atoms with Gasteiger partial charge in [0.05, 0.1) is 6.54 Å². The minimum absolute atomic E-state index is 0.175. The molecule has 0 saturated heterocycles. The Labute approximate surface area is 139 Å². The smallest absolute Gasteiger partial charge is 0.264 e. The molecule has 6 nitrogen and oxygen atoms in total. The number of ether oxygens (including phenoxy) is 1. The van der Waals surface area contributed by atoms with Crippen LogP contribution in [0.5, 0.6) is 5.75 Å². The van der Waals surface area contributed by atoms with Gasteiger partial charge < -0.3 is 14.6 Å². The van der Waals surface area contributed by atoms with E-state index in [1.807, 2.05) is 55.5 Å². The second kappa shape index (κ2) is 7.41. The summed E-state index contributed by atoms with van der Waals surface area (Å²) in [4.78, 5) is 16.3. The summed E-state index contributed by atoms with van der Waals surface area (Å²) in [5.41, 5.74) is 1.63. The maximum atomic E-state index is 12.1. The number of amides is 1. The molecule has 3 aromatic rings. The van der Waals surface area contributed by atoms with Gasteiger partial charge in [0.1, 0.15) is 5.75 Å². The highest BCUT2D eigenvalue weighted by molar-refractivity contribution is 5.94. The Kier molecular flexibility index (Phi) is 4.86. The van der Waals surface area contributed by atoms with Crippen molar-refractivity contribution in [1.29, 1.82) is 0 Å². The Morgan fingerprint density at radius 3 is 2.79 bits per heavy atom. The summed E-state index contributed by atoms with van der Waals surface area (Å²) >= 11 is 0. The Morgan fingerprint density at radius 1 is 1.17 bits per heavy atom. The summed E-state index contributed by atoms with van der Waals surface area (Å²) in [6.45, 7) is 2.32. The molecule has 0 aliphatic carbocycles. The van der Waals surface area contributed by atoms with Crippen molar-refractivity contribution in [3.8, 4) is 5.75 Å². The molecule has 0 unspecified atom stereocenters. The molecule has 24 heavy (non-hydrogen) atoms. The van der Waals surface area contributed by atoms with Gasteiger partial charge in [-0.05, 0) is 31.2 Å². The number of carbonyl (C=O) groups excluding carboxylic acids is 1. The Hall–Kier alpha value is -3.15. The summed E-state index contributed by atoms with van der Waals surface area (Å²) in [7, 11) is 0. The van der Waals surface area contributed by atoms with Gasteiger partial charge in [0.2, 0.25) is 0 Å². The molecule has 0 spiro atoms. The predicted octanol–water partition coefficient (Wildman–Crippen LogP) is 2.89. The second-order valence-electron chi connectivity index (χ2n) is 5.26. The molecule has 3 rings (SSSR count). The fourth-order valence-electron chi connectivity index (χ4n) is 2.13. The molecule has 0 saturated carbocycles. The van der Waals surface area contributed by atoms with Crippen LogP contribution < -0.4 is 10.1 Å². The van der Waals surface area contributed by atoms with Crippen LogP contribution in [0.1, 0.15) is 27.6 Å². The standard InChI is InChI=1S/C18H17N3O3/c1-13-6-5-7-14(10-13)18(22)19-11-16-20-17(24-21-16)12-23-15-8-3-2-4-9-15/h2-10H,11-12H2,1H3,(H,19,22). The van der Waals surface area contributed by atoms with E-state index in [2.05, 4.69) is 15.5 Å². The molecule has 2 aromatic carbocycles. The van der Waals surface area contributed by atoms with Gasteiger partial charge >= 0.3 is 0 Å². The molecule has 1 N–H and O–H groups in total. The van der Waals surface area contributed by atoms with Crippen LogP contribution in [-0.2, 0) is 13.2 Å². The minimum Gasteiger partial charge on any atom is -0.484 e. The van der Waals surface area contributed by atoms with Gasteiger partial charge in [0, 0.05) is 5.56 Å². The lowest BCUT2D eigenvalue weighted by Gasteiger charge is -2.03. The molecule has 0 fully saturated rings. The largest absolute Gasteiger partial charge is 0.484 e. The Bertz CT molecular complexity index is 815. The van der Waals surface area contributed by atoms with E-state index in [0.717, 1.165) is 11.3 Å². The van der Waals surface area contributed by atoms with Gasteiger partial charge in [-0.2, -0.15) is 4.98 Å². The van der Waals surface area contributed by atoms with E-state index in [-0.39, 0.29) is 19.1 Å². The van der Waals surface area contributed by atoms with E-state index in [0.29, 0.717) is 17.3 Å². The molecular weight excluding hydrogens is 306 g/mol. The highest BCUT2D eigenvalue weighted by Gasteiger charge is 2.10. The first-order chi connectivity index (χ1) is 11.7. The molecule has 122 valence electrons. The molecule has 0 aliphatic heterocycles. The van der Waals surface area contributed by atoms with Gasteiger partial charge in [-0.3, -0.25) is 4.79 Å². The zero-order valence-corrected chi connectivity index (χ0v) is 13.2. The molecule has 1 aromatic heterocycles. The number of carbonyl (C=O) groups is 1. The number of para-hydroxylation sites is 1. The topological polar surface area (TPSA) is 77.2 Å². The highest BCUT2D eigenvalue weighted by Crippen LogP contribution is 2.11. The molecule has 1 amide bonds. The highest BCUT2D eigenvalue weighted by atomic mass is 16.5. The van der Waals surface area contributed by atoms with Crippen molar-refractivity contribution < 1.29 is 14.1 Å². The number of aryl methyl sites for hydroxylation is 1. The predicted molar refractivity (Wildman–Crippen MR) is 87.4 cm³/mol. The lowest BCUT2D eigenvalue weighted by atomic mass is 10.1. The van der Waals surface area contributed by atoms with E-state index in [1.54, 1.807) is 6.07 Å². The molecule has 0 bridgehead atoms. The van der Waals surface area contributed by atoms with E-state index in [1.165, 1.54) is 0 Å². The summed E-state index contributed by atoms with van der Waals surface area (Å²) in [5.74, 6) is 1.32. The van der Waals surface area contributed by atoms with Gasteiger partial charge in [-0.15, -0.1) is 0 Å². The monoisotopic (exact) mass is 323 g/mol. The average Bonchev–Trinajstić information content (AvgIpc) is 3.07. The zero-order chi connectivity index (χ0) is 16.8. The van der Waals surface area contributed by atoms with Crippen molar-refractivity contribution in [1.82, 2.24) is 15.5 Å². The number of hydrogen-bond donors (Lipinski definition) is 1. The Balaban J connectivity index is 1.51. The summed E-state index contributed by atoms with van der Waals surface area (Å²) in [5, 5.41) is 6.60. The summed E-state index contributed by atoms with van der Waals surface area (Å²) in [6.07, 6.45) is 0. The SMILES string of the molecule is Cc1cccc(C(=O)NCc2noc(COc3ccccc3)n2)c1. The first-order valence-electron chi connectivity index (χ1n) is 7.55. The van der Waals surface area contributed by atoms with E-state index in [4.69, 9.17) is 9.26 Å². The maximum Gasteiger partial charge on any atom is 0.264 e. The minimum atomic E-state index is -0.175. The third kappa shape index (κ3) is 4.19. The van der Waals surface area contributed by atoms with E-state index in [9.17, 15) is 4.79 Å². The number of rotatable bonds is 6. The van der Waals surface area contributed by atoms with Crippen LogP contribution >= 0.6 is 0 Å². The number of aromatic nitrogens is 2. The number of benzene rings is 2. The lowest BCUT2D eigenvalue weighted by Crippen LogP contribution is -2.23. The van der Waals surface area contributed by atoms with Gasteiger partial charge in [0.25, 0.3) is 11.8 Å². The normalized spacial score (nSPS) is 10.4. The zero-order valence-electron chi connectivity index (χ0n) is 13.2. The van der Waals surface area contributed by atoms with Crippen molar-refractivity contribution >= 4 is 5.91 Å². The maximum absolute atomic E-state index is 12.1. The number of nitrogens with zero attached hydrogens (tertiary/aromatic N) is 2. The third-order valence-corrected chi connectivity index (χ3v) is 3.30. The van der Waals surface area contributed by atoms with Gasteiger partial charge in [-0.1, -0.05) is 41.1 Å². The third-order valence-electron chi connectivity index (χ3n) is 3.30. The van der Waals surface area contributed by atoms with Crippen molar-refractivity contribution in [3.63, 3.8) is 0 Å². The molecule has 0 aliphatic rings. The molecule has 1 heterocycles. The number of nitrogens with one attached hydrogen (secondary N) is 1. The fourth-order valence-corrected chi connectivity index (χ4v) is 2.13. The second-order valence-corrected chi connectivity index (χ2v) is 5.26. The van der Waals surface area contributed by atoms with Crippen LogP contribution in [0.3, 0.4) is 0 Å². The summed E-state index contributed by atoms with van der Waals surface area (Å²) < 4.78 is 10.6. The van der Waals surface area contributed by atoms with Crippen molar-refractivity contribution in [2.75, 3.05) is 0 Å². The van der Waals surface area contributed by atoms with Crippen LogP contribution in [0.2, 0.25) is 0 Å². The summed E-state index contributed by atoms with van der Waals surface area (Å²) in [6, 6.07) is 16.7. The van der Waals surface area contributed by atoms with Crippen molar-refractivity contribution in [2.45, 2.75) is 20.1 Å². The average molecular weight is 323 g/mol. The van der Waals surface area contributed by atoms with Crippen LogP contribution in [0.15, 0.2) is 59.1 Å². The van der Waals surface area contributed by atoms with Gasteiger partial charge in [-0.25, -0.2) is 0 Å². The van der Waals surface area contributed by atoms with E-state index < -0.39 is 0 Å². The molecule has 0 radical (unpaired) electrons. The number of hydrogen-bond acceptors (Lipinski definition) is 5. The van der Waals surface area contributed by atoms with Crippen molar-refractivity contribution in [3.05, 3.63) is 77.4 Å². The first kappa shape index (κ1) is 15.7. The van der Waals surface area contributed by atoms with E-state index >= 15 is 0 Å². The fraction of sp³-hybridized carbons (Fsp3) is 0.167. The lowest BCUT2D eigenvalue weighted by molar-refractivity contribution is 0.0949. The van der Waals surface area contributed by atoms with Crippen molar-refractivity contribution in [2.24, 2.45) is 0 Å². The molecule has 0 atom stereocenters. The Morgan fingerprint density at radius 2 is 2.00 bits per heavy atom. The molecule has 6 heteroatoms. The van der Waals surface area contributed by atoms with Crippen LogP contribution in [0.25, 0.3) is 0 Å². The van der Waals surface area contributed by atoms with Crippen LogP contribution in [0.4, 0.5) is 0 Å². The first-order valence-corrected chi connectivity index (χ1v) is 7.55. The molecular formula is C18H17N3O3.